The summed E-state index contributed by atoms with van der Waals surface area (Å²) in [5, 5.41) is 2.72. The fourth-order valence-electron chi connectivity index (χ4n) is 1.73. The van der Waals surface area contributed by atoms with Crippen LogP contribution in [0.2, 0.25) is 0 Å². The quantitative estimate of drug-likeness (QED) is 0.926. The van der Waals surface area contributed by atoms with Crippen molar-refractivity contribution in [1.29, 1.82) is 0 Å². The minimum atomic E-state index is -0.346. The summed E-state index contributed by atoms with van der Waals surface area (Å²) in [7, 11) is 0. The fourth-order valence-corrected chi connectivity index (χ4v) is 1.73. The van der Waals surface area contributed by atoms with Crippen LogP contribution in [0.4, 0.5) is 10.1 Å². The van der Waals surface area contributed by atoms with E-state index in [1.807, 2.05) is 25.1 Å². The molecule has 3 nitrogen and oxygen atoms in total. The molecule has 0 saturated heterocycles. The average Bonchev–Trinajstić information content (AvgIpc) is 2.40. The number of carbonyl (C=O) groups excluding carboxylic acids is 1. The summed E-state index contributed by atoms with van der Waals surface area (Å²) in [5.41, 5.74) is 2.32. The predicted molar refractivity (Wildman–Crippen MR) is 76.4 cm³/mol. The van der Waals surface area contributed by atoms with Gasteiger partial charge >= 0.3 is 0 Å². The maximum Gasteiger partial charge on any atom is 0.262 e. The first kappa shape index (κ1) is 14.1. The molecule has 0 aliphatic rings. The molecular weight excluding hydrogens is 257 g/mol. The second-order valence-corrected chi connectivity index (χ2v) is 4.62. The number of amides is 1. The number of rotatable bonds is 4. The minimum Gasteiger partial charge on any atom is -0.484 e. The van der Waals surface area contributed by atoms with Crippen LogP contribution in [-0.2, 0) is 4.79 Å². The first-order chi connectivity index (χ1) is 9.54. The second kappa shape index (κ2) is 6.19. The molecule has 4 heteroatoms. The van der Waals surface area contributed by atoms with Gasteiger partial charge in [0.05, 0.1) is 0 Å². The van der Waals surface area contributed by atoms with Crippen LogP contribution in [0.1, 0.15) is 11.1 Å². The molecule has 0 spiro atoms. The van der Waals surface area contributed by atoms with Gasteiger partial charge in [0.2, 0.25) is 0 Å². The van der Waals surface area contributed by atoms with Crippen LogP contribution in [0.3, 0.4) is 0 Å². The first-order valence-corrected chi connectivity index (χ1v) is 6.30. The summed E-state index contributed by atoms with van der Waals surface area (Å²) in [5.74, 6) is -0.286. The van der Waals surface area contributed by atoms with Gasteiger partial charge in [0, 0.05) is 11.8 Å². The van der Waals surface area contributed by atoms with Gasteiger partial charge in [0.25, 0.3) is 5.91 Å². The van der Waals surface area contributed by atoms with Gasteiger partial charge in [-0.2, -0.15) is 0 Å². The lowest BCUT2D eigenvalue weighted by atomic mass is 10.2. The van der Waals surface area contributed by atoms with E-state index in [2.05, 4.69) is 5.32 Å². The molecule has 0 fully saturated rings. The van der Waals surface area contributed by atoms with Gasteiger partial charge < -0.3 is 10.1 Å². The Kier molecular flexibility index (Phi) is 4.35. The van der Waals surface area contributed by atoms with Crippen molar-refractivity contribution in [3.8, 4) is 5.75 Å². The zero-order chi connectivity index (χ0) is 14.5. The molecule has 0 saturated carbocycles. The van der Waals surface area contributed by atoms with Crippen molar-refractivity contribution in [3.63, 3.8) is 0 Å². The number of halogens is 1. The maximum atomic E-state index is 13.3. The van der Waals surface area contributed by atoms with Crippen LogP contribution in [0.25, 0.3) is 0 Å². The van der Waals surface area contributed by atoms with Gasteiger partial charge in [-0.3, -0.25) is 4.79 Å². The lowest BCUT2D eigenvalue weighted by Crippen LogP contribution is -2.20. The molecule has 0 bridgehead atoms. The smallest absolute Gasteiger partial charge is 0.262 e. The topological polar surface area (TPSA) is 38.3 Å². The first-order valence-electron chi connectivity index (χ1n) is 6.30. The van der Waals surface area contributed by atoms with Gasteiger partial charge in [0.1, 0.15) is 11.6 Å². The second-order valence-electron chi connectivity index (χ2n) is 4.62. The molecule has 2 aromatic carbocycles. The Morgan fingerprint density at radius 3 is 2.70 bits per heavy atom. The number of benzene rings is 2. The van der Waals surface area contributed by atoms with Crippen molar-refractivity contribution in [3.05, 3.63) is 59.4 Å². The van der Waals surface area contributed by atoms with E-state index in [1.165, 1.54) is 6.07 Å². The van der Waals surface area contributed by atoms with E-state index >= 15 is 0 Å². The molecule has 0 heterocycles. The number of hydrogen-bond acceptors (Lipinski definition) is 2. The van der Waals surface area contributed by atoms with Crippen molar-refractivity contribution in [2.24, 2.45) is 0 Å². The van der Waals surface area contributed by atoms with E-state index in [0.717, 1.165) is 5.56 Å². The summed E-state index contributed by atoms with van der Waals surface area (Å²) in [6.07, 6.45) is 0. The largest absolute Gasteiger partial charge is 0.484 e. The highest BCUT2D eigenvalue weighted by molar-refractivity contribution is 5.91. The third-order valence-corrected chi connectivity index (χ3v) is 2.82. The molecule has 0 radical (unpaired) electrons. The Bertz CT molecular complexity index is 626. The Morgan fingerprint density at radius 1 is 1.20 bits per heavy atom. The van der Waals surface area contributed by atoms with E-state index in [1.54, 1.807) is 25.1 Å². The average molecular weight is 273 g/mol. The predicted octanol–water partition coefficient (Wildman–Crippen LogP) is 3.46. The van der Waals surface area contributed by atoms with Crippen molar-refractivity contribution < 1.29 is 13.9 Å². The third kappa shape index (κ3) is 3.82. The lowest BCUT2D eigenvalue weighted by Gasteiger charge is -2.08. The molecule has 0 aromatic heterocycles. The van der Waals surface area contributed by atoms with Crippen molar-refractivity contribution in [2.75, 3.05) is 11.9 Å². The molecule has 2 rings (SSSR count). The standard InChI is InChI=1S/C16H16FNO2/c1-11-4-3-5-13(8-11)18-16(19)10-20-14-7-6-12(2)15(17)9-14/h3-9H,10H2,1-2H3,(H,18,19). The Labute approximate surface area is 117 Å². The van der Waals surface area contributed by atoms with E-state index in [9.17, 15) is 9.18 Å². The van der Waals surface area contributed by atoms with Crippen LogP contribution < -0.4 is 10.1 Å². The molecular formula is C16H16FNO2. The number of carbonyl (C=O) groups is 1. The highest BCUT2D eigenvalue weighted by Gasteiger charge is 2.05. The molecule has 1 N–H and O–H groups in total. The highest BCUT2D eigenvalue weighted by Crippen LogP contribution is 2.16. The van der Waals surface area contributed by atoms with E-state index < -0.39 is 0 Å². The van der Waals surface area contributed by atoms with Gasteiger partial charge in [-0.05, 0) is 43.2 Å². The Morgan fingerprint density at radius 2 is 2.00 bits per heavy atom. The molecule has 0 unspecified atom stereocenters. The molecule has 0 aliphatic heterocycles. The SMILES string of the molecule is Cc1cccc(NC(=O)COc2ccc(C)c(F)c2)c1. The monoisotopic (exact) mass is 273 g/mol. The van der Waals surface area contributed by atoms with Gasteiger partial charge in [-0.1, -0.05) is 18.2 Å². The summed E-state index contributed by atoms with van der Waals surface area (Å²) >= 11 is 0. The summed E-state index contributed by atoms with van der Waals surface area (Å²) in [6, 6.07) is 12.0. The van der Waals surface area contributed by atoms with Crippen LogP contribution in [0, 0.1) is 19.7 Å². The number of aryl methyl sites for hydroxylation is 2. The van der Waals surface area contributed by atoms with Crippen LogP contribution in [-0.4, -0.2) is 12.5 Å². The maximum absolute atomic E-state index is 13.3. The zero-order valence-corrected chi connectivity index (χ0v) is 11.4. The van der Waals surface area contributed by atoms with Gasteiger partial charge in [-0.15, -0.1) is 0 Å². The fraction of sp³-hybridized carbons (Fsp3) is 0.188. The third-order valence-electron chi connectivity index (χ3n) is 2.82. The van der Waals surface area contributed by atoms with Crippen molar-refractivity contribution in [2.45, 2.75) is 13.8 Å². The molecule has 0 atom stereocenters. The number of nitrogens with one attached hydrogen (secondary N) is 1. The van der Waals surface area contributed by atoms with Crippen LogP contribution in [0.5, 0.6) is 5.75 Å². The number of ether oxygens (including phenoxy) is 1. The summed E-state index contributed by atoms with van der Waals surface area (Å²) in [6.45, 7) is 3.46. The molecule has 2 aromatic rings. The van der Waals surface area contributed by atoms with Gasteiger partial charge in [0.15, 0.2) is 6.61 Å². The van der Waals surface area contributed by atoms with Gasteiger partial charge in [-0.25, -0.2) is 4.39 Å². The minimum absolute atomic E-state index is 0.156. The highest BCUT2D eigenvalue weighted by atomic mass is 19.1. The van der Waals surface area contributed by atoms with Crippen molar-refractivity contribution in [1.82, 2.24) is 0 Å². The van der Waals surface area contributed by atoms with E-state index in [-0.39, 0.29) is 18.3 Å². The summed E-state index contributed by atoms with van der Waals surface area (Å²) < 4.78 is 18.6. The Hall–Kier alpha value is -2.36. The lowest BCUT2D eigenvalue weighted by molar-refractivity contribution is -0.118. The Balaban J connectivity index is 1.90. The molecule has 104 valence electrons. The molecule has 20 heavy (non-hydrogen) atoms. The van der Waals surface area contributed by atoms with Crippen LogP contribution >= 0.6 is 0 Å². The normalized spacial score (nSPS) is 10.2. The number of anilines is 1. The summed E-state index contributed by atoms with van der Waals surface area (Å²) in [4.78, 5) is 11.7. The number of hydrogen-bond donors (Lipinski definition) is 1. The van der Waals surface area contributed by atoms with E-state index in [0.29, 0.717) is 17.0 Å². The molecule has 0 aliphatic carbocycles. The van der Waals surface area contributed by atoms with Crippen molar-refractivity contribution >= 4 is 11.6 Å². The zero-order valence-electron chi connectivity index (χ0n) is 11.4. The van der Waals surface area contributed by atoms with Crippen LogP contribution in [0.15, 0.2) is 42.5 Å². The molecule has 1 amide bonds. The van der Waals surface area contributed by atoms with E-state index in [4.69, 9.17) is 4.74 Å².